The minimum atomic E-state index is -0.0997. The molecule has 124 valence electrons. The summed E-state index contributed by atoms with van der Waals surface area (Å²) in [5.41, 5.74) is 3.55. The van der Waals surface area contributed by atoms with Gasteiger partial charge in [0.05, 0.1) is 11.2 Å². The van der Waals surface area contributed by atoms with Gasteiger partial charge in [0.1, 0.15) is 0 Å². The Morgan fingerprint density at radius 3 is 2.96 bits per heavy atom. The van der Waals surface area contributed by atoms with Gasteiger partial charge in [-0.25, -0.2) is 0 Å². The van der Waals surface area contributed by atoms with Crippen molar-refractivity contribution in [3.63, 3.8) is 0 Å². The van der Waals surface area contributed by atoms with Crippen molar-refractivity contribution in [1.82, 2.24) is 4.98 Å². The van der Waals surface area contributed by atoms with E-state index >= 15 is 0 Å². The van der Waals surface area contributed by atoms with E-state index in [1.165, 1.54) is 10.5 Å². The van der Waals surface area contributed by atoms with Gasteiger partial charge in [0.25, 0.3) is 0 Å². The molecule has 0 saturated carbocycles. The summed E-state index contributed by atoms with van der Waals surface area (Å²) in [5.74, 6) is 0.629. The zero-order chi connectivity index (χ0) is 16.8. The minimum Gasteiger partial charge on any atom is -0.361 e. The molecule has 0 bridgehead atoms. The van der Waals surface area contributed by atoms with Gasteiger partial charge in [-0.3, -0.25) is 4.79 Å². The van der Waals surface area contributed by atoms with Crippen molar-refractivity contribution in [2.45, 2.75) is 11.7 Å². The Morgan fingerprint density at radius 2 is 2.08 bits per heavy atom. The summed E-state index contributed by atoms with van der Waals surface area (Å²) in [6.07, 6.45) is 9.42. The van der Waals surface area contributed by atoms with Gasteiger partial charge in [-0.05, 0) is 51.3 Å². The SMILES string of the molecule is O=C1C(c2c[nH]c3ccccc23)SC2=CC=CC(Cc3ccsc3)C12. The van der Waals surface area contributed by atoms with Gasteiger partial charge in [0, 0.05) is 17.1 Å². The van der Waals surface area contributed by atoms with Crippen molar-refractivity contribution in [1.29, 1.82) is 0 Å². The van der Waals surface area contributed by atoms with E-state index < -0.39 is 0 Å². The van der Waals surface area contributed by atoms with Crippen LogP contribution in [0.25, 0.3) is 10.9 Å². The van der Waals surface area contributed by atoms with Crippen LogP contribution in [-0.2, 0) is 11.2 Å². The van der Waals surface area contributed by atoms with Crippen molar-refractivity contribution in [3.05, 3.63) is 81.5 Å². The molecule has 3 heterocycles. The number of hydrogen-bond acceptors (Lipinski definition) is 3. The van der Waals surface area contributed by atoms with Crippen LogP contribution in [0.1, 0.15) is 16.4 Å². The lowest BCUT2D eigenvalue weighted by molar-refractivity contribution is -0.121. The van der Waals surface area contributed by atoms with E-state index in [0.29, 0.717) is 5.78 Å². The van der Waals surface area contributed by atoms with Crippen LogP contribution in [0, 0.1) is 11.8 Å². The number of thioether (sulfide) groups is 1. The van der Waals surface area contributed by atoms with Crippen molar-refractivity contribution in [2.24, 2.45) is 11.8 Å². The van der Waals surface area contributed by atoms with Gasteiger partial charge in [0.2, 0.25) is 0 Å². The normalized spacial score (nSPS) is 25.4. The summed E-state index contributed by atoms with van der Waals surface area (Å²) in [5, 5.41) is 5.36. The third-order valence-corrected chi connectivity index (χ3v) is 7.24. The highest BCUT2D eigenvalue weighted by molar-refractivity contribution is 8.04. The summed E-state index contributed by atoms with van der Waals surface area (Å²) >= 11 is 3.46. The predicted molar refractivity (Wildman–Crippen MR) is 106 cm³/mol. The average Bonchev–Trinajstić information content (AvgIpc) is 3.34. The molecule has 3 unspecified atom stereocenters. The number of para-hydroxylation sites is 1. The van der Waals surface area contributed by atoms with Crippen molar-refractivity contribution in [2.75, 3.05) is 0 Å². The van der Waals surface area contributed by atoms with E-state index in [1.54, 1.807) is 23.1 Å². The summed E-state index contributed by atoms with van der Waals surface area (Å²) in [6, 6.07) is 10.4. The summed E-state index contributed by atoms with van der Waals surface area (Å²) in [7, 11) is 0. The Balaban J connectivity index is 1.49. The molecule has 2 nitrogen and oxygen atoms in total. The molecule has 1 N–H and O–H groups in total. The maximum absolute atomic E-state index is 13.3. The standard InChI is InChI=1S/C21H17NOS2/c23-20-19-14(10-13-8-9-24-12-13)4-3-7-18(19)25-21(20)16-11-22-17-6-2-1-5-15(16)17/h1-9,11-12,14,19,21-22H,10H2. The molecule has 3 aromatic rings. The quantitative estimate of drug-likeness (QED) is 0.665. The first kappa shape index (κ1) is 15.2. The highest BCUT2D eigenvalue weighted by Gasteiger charge is 2.44. The predicted octanol–water partition coefficient (Wildman–Crippen LogP) is 5.52. The molecule has 1 fully saturated rings. The third-order valence-electron chi connectivity index (χ3n) is 5.13. The van der Waals surface area contributed by atoms with E-state index in [-0.39, 0.29) is 17.1 Å². The zero-order valence-electron chi connectivity index (χ0n) is 13.5. The molecule has 0 amide bonds. The van der Waals surface area contributed by atoms with Gasteiger partial charge in [-0.2, -0.15) is 11.3 Å². The molecule has 2 aliphatic rings. The average molecular weight is 364 g/mol. The van der Waals surface area contributed by atoms with E-state index in [0.717, 1.165) is 22.9 Å². The van der Waals surface area contributed by atoms with Crippen molar-refractivity contribution >= 4 is 39.8 Å². The first-order chi connectivity index (χ1) is 12.3. The second-order valence-electron chi connectivity index (χ2n) is 6.62. The van der Waals surface area contributed by atoms with Crippen LogP contribution in [0.5, 0.6) is 0 Å². The van der Waals surface area contributed by atoms with Crippen LogP contribution in [0.2, 0.25) is 0 Å². The van der Waals surface area contributed by atoms with E-state index in [1.807, 2.05) is 18.3 Å². The fourth-order valence-corrected chi connectivity index (χ4v) is 6.07. The molecule has 25 heavy (non-hydrogen) atoms. The van der Waals surface area contributed by atoms with Gasteiger partial charge in [0.15, 0.2) is 5.78 Å². The van der Waals surface area contributed by atoms with Crippen LogP contribution in [0.3, 0.4) is 0 Å². The molecule has 1 aliphatic heterocycles. The Kier molecular flexibility index (Phi) is 3.68. The zero-order valence-corrected chi connectivity index (χ0v) is 15.1. The fourth-order valence-electron chi connectivity index (χ4n) is 3.93. The number of benzene rings is 1. The number of thiophene rings is 1. The number of fused-ring (bicyclic) bond motifs is 2. The molecule has 1 aromatic carbocycles. The second kappa shape index (κ2) is 6.04. The number of nitrogens with one attached hydrogen (secondary N) is 1. The van der Waals surface area contributed by atoms with Crippen molar-refractivity contribution in [3.8, 4) is 0 Å². The molecule has 2 aromatic heterocycles. The molecule has 5 rings (SSSR count). The number of rotatable bonds is 3. The van der Waals surface area contributed by atoms with Crippen LogP contribution in [0.15, 0.2) is 70.4 Å². The van der Waals surface area contributed by atoms with Crippen LogP contribution >= 0.6 is 23.1 Å². The topological polar surface area (TPSA) is 32.9 Å². The first-order valence-electron chi connectivity index (χ1n) is 8.47. The molecule has 4 heteroatoms. The fraction of sp³-hybridized carbons (Fsp3) is 0.190. The Labute approximate surface area is 154 Å². The van der Waals surface area contributed by atoms with E-state index in [2.05, 4.69) is 52.2 Å². The lowest BCUT2D eigenvalue weighted by Gasteiger charge is -2.22. The number of carbonyl (C=O) groups is 1. The van der Waals surface area contributed by atoms with Crippen molar-refractivity contribution < 1.29 is 4.79 Å². The van der Waals surface area contributed by atoms with Gasteiger partial charge in [-0.15, -0.1) is 11.8 Å². The smallest absolute Gasteiger partial charge is 0.159 e. The lowest BCUT2D eigenvalue weighted by atomic mass is 9.80. The Hall–Kier alpha value is -2.04. The minimum absolute atomic E-state index is 0.00793. The number of carbonyl (C=O) groups excluding carboxylic acids is 1. The second-order valence-corrected chi connectivity index (χ2v) is 8.58. The van der Waals surface area contributed by atoms with Gasteiger partial charge >= 0.3 is 0 Å². The number of H-pyrrole nitrogens is 1. The summed E-state index contributed by atoms with van der Waals surface area (Å²) in [4.78, 5) is 17.9. The molecular weight excluding hydrogens is 346 g/mol. The third kappa shape index (κ3) is 2.52. The number of Topliss-reactive ketones (excluding diaryl/α,β-unsaturated/α-hetero) is 1. The highest BCUT2D eigenvalue weighted by atomic mass is 32.2. The molecule has 3 atom stereocenters. The molecule has 1 aliphatic carbocycles. The number of aromatic nitrogens is 1. The Morgan fingerprint density at radius 1 is 1.16 bits per heavy atom. The molecule has 0 spiro atoms. The van der Waals surface area contributed by atoms with Gasteiger partial charge in [-0.1, -0.05) is 36.4 Å². The number of hydrogen-bond donors (Lipinski definition) is 1. The summed E-state index contributed by atoms with van der Waals surface area (Å²) in [6.45, 7) is 0. The number of aromatic amines is 1. The largest absolute Gasteiger partial charge is 0.361 e. The van der Waals surface area contributed by atoms with Crippen LogP contribution in [-0.4, -0.2) is 10.8 Å². The van der Waals surface area contributed by atoms with Gasteiger partial charge < -0.3 is 4.98 Å². The van der Waals surface area contributed by atoms with Crippen LogP contribution in [0.4, 0.5) is 0 Å². The lowest BCUT2D eigenvalue weighted by Crippen LogP contribution is -2.24. The van der Waals surface area contributed by atoms with E-state index in [9.17, 15) is 4.79 Å². The molecule has 1 saturated heterocycles. The van der Waals surface area contributed by atoms with E-state index in [4.69, 9.17) is 0 Å². The number of ketones is 1. The molecular formula is C21H17NOS2. The first-order valence-corrected chi connectivity index (χ1v) is 10.3. The number of allylic oxidation sites excluding steroid dienone is 4. The maximum Gasteiger partial charge on any atom is 0.159 e. The Bertz CT molecular complexity index is 996. The highest BCUT2D eigenvalue weighted by Crippen LogP contribution is 2.53. The van der Waals surface area contributed by atoms with Crippen LogP contribution < -0.4 is 0 Å². The monoisotopic (exact) mass is 363 g/mol. The summed E-state index contributed by atoms with van der Waals surface area (Å²) < 4.78 is 0. The molecule has 0 radical (unpaired) electrons. The maximum atomic E-state index is 13.3.